The van der Waals surface area contributed by atoms with Crippen LogP contribution in [0.2, 0.25) is 0 Å². The number of anilines is 2. The summed E-state index contributed by atoms with van der Waals surface area (Å²) in [5, 5.41) is 7.87. The lowest BCUT2D eigenvalue weighted by Crippen LogP contribution is -2.36. The Morgan fingerprint density at radius 2 is 1.85 bits per heavy atom. The van der Waals surface area contributed by atoms with E-state index in [-0.39, 0.29) is 17.6 Å². The molecule has 0 aliphatic heterocycles. The molecule has 0 aliphatic rings. The van der Waals surface area contributed by atoms with Gasteiger partial charge >= 0.3 is 6.03 Å². The molecule has 0 spiro atoms. The van der Waals surface area contributed by atoms with Crippen molar-refractivity contribution in [2.24, 2.45) is 0 Å². The van der Waals surface area contributed by atoms with E-state index in [1.807, 2.05) is 44.1 Å². The first kappa shape index (κ1) is 20.4. The van der Waals surface area contributed by atoms with Crippen molar-refractivity contribution in [1.82, 2.24) is 10.2 Å². The van der Waals surface area contributed by atoms with Crippen LogP contribution < -0.4 is 16.0 Å². The van der Waals surface area contributed by atoms with Crippen molar-refractivity contribution in [2.45, 2.75) is 19.9 Å². The SMILES string of the molecule is CC(=O)Nc1cc(NC(=O)NCC(c2cccc(C)c2)N(C)C)ccc1F. The van der Waals surface area contributed by atoms with Gasteiger partial charge in [0.25, 0.3) is 0 Å². The van der Waals surface area contributed by atoms with Gasteiger partial charge in [0.1, 0.15) is 5.82 Å². The van der Waals surface area contributed by atoms with Gasteiger partial charge in [0.15, 0.2) is 0 Å². The highest BCUT2D eigenvalue weighted by Gasteiger charge is 2.16. The Balaban J connectivity index is 2.01. The standard InChI is InChI=1S/C20H25FN4O2/c1-13-6-5-7-15(10-13)19(25(3)4)12-22-20(27)24-16-8-9-17(21)18(11-16)23-14(2)26/h5-11,19H,12H2,1-4H3,(H,23,26)(H2,22,24,27). The van der Waals surface area contributed by atoms with Crippen LogP contribution in [0.4, 0.5) is 20.6 Å². The summed E-state index contributed by atoms with van der Waals surface area (Å²) in [6.45, 7) is 3.72. The Bertz CT molecular complexity index is 823. The van der Waals surface area contributed by atoms with Crippen LogP contribution in [0, 0.1) is 12.7 Å². The van der Waals surface area contributed by atoms with E-state index in [4.69, 9.17) is 0 Å². The van der Waals surface area contributed by atoms with Gasteiger partial charge in [-0.2, -0.15) is 0 Å². The number of likely N-dealkylation sites (N-methyl/N-ethyl adjacent to an activating group) is 1. The number of hydrogen-bond donors (Lipinski definition) is 3. The van der Waals surface area contributed by atoms with Crippen LogP contribution in [0.5, 0.6) is 0 Å². The molecule has 0 aromatic heterocycles. The second-order valence-electron chi connectivity index (χ2n) is 6.60. The molecular formula is C20H25FN4O2. The van der Waals surface area contributed by atoms with E-state index < -0.39 is 11.8 Å². The molecule has 0 saturated heterocycles. The normalized spacial score (nSPS) is 11.8. The number of halogens is 1. The van der Waals surface area contributed by atoms with Gasteiger partial charge in [0.2, 0.25) is 5.91 Å². The number of carbonyl (C=O) groups is 2. The predicted octanol–water partition coefficient (Wildman–Crippen LogP) is 3.52. The first-order chi connectivity index (χ1) is 12.8. The summed E-state index contributed by atoms with van der Waals surface area (Å²) in [6.07, 6.45) is 0. The van der Waals surface area contributed by atoms with E-state index in [0.717, 1.165) is 11.1 Å². The second-order valence-corrected chi connectivity index (χ2v) is 6.60. The minimum absolute atomic E-state index is 0.0128. The summed E-state index contributed by atoms with van der Waals surface area (Å²) >= 11 is 0. The van der Waals surface area contributed by atoms with Gasteiger partial charge in [0, 0.05) is 19.2 Å². The van der Waals surface area contributed by atoms with Crippen molar-refractivity contribution in [1.29, 1.82) is 0 Å². The average Bonchev–Trinajstić information content (AvgIpc) is 2.57. The number of nitrogens with one attached hydrogen (secondary N) is 3. The van der Waals surface area contributed by atoms with Crippen molar-refractivity contribution >= 4 is 23.3 Å². The maximum absolute atomic E-state index is 13.7. The fourth-order valence-electron chi connectivity index (χ4n) is 2.73. The molecule has 7 heteroatoms. The highest BCUT2D eigenvalue weighted by molar-refractivity contribution is 5.92. The van der Waals surface area contributed by atoms with E-state index in [1.165, 1.54) is 25.1 Å². The van der Waals surface area contributed by atoms with Crippen LogP contribution in [0.15, 0.2) is 42.5 Å². The van der Waals surface area contributed by atoms with Crippen molar-refractivity contribution in [3.05, 3.63) is 59.4 Å². The number of rotatable bonds is 6. The van der Waals surface area contributed by atoms with Crippen LogP contribution in [0.1, 0.15) is 24.1 Å². The minimum Gasteiger partial charge on any atom is -0.336 e. The highest BCUT2D eigenvalue weighted by Crippen LogP contribution is 2.20. The molecular weight excluding hydrogens is 347 g/mol. The molecule has 0 saturated carbocycles. The molecule has 0 fully saturated rings. The molecule has 2 rings (SSSR count). The molecule has 3 amide bonds. The Morgan fingerprint density at radius 3 is 2.48 bits per heavy atom. The van der Waals surface area contributed by atoms with E-state index in [2.05, 4.69) is 22.0 Å². The third kappa shape index (κ3) is 6.07. The zero-order valence-corrected chi connectivity index (χ0v) is 16.0. The molecule has 6 nitrogen and oxygen atoms in total. The van der Waals surface area contributed by atoms with Crippen molar-refractivity contribution in [3.8, 4) is 0 Å². The predicted molar refractivity (Wildman–Crippen MR) is 105 cm³/mol. The van der Waals surface area contributed by atoms with Gasteiger partial charge in [0.05, 0.1) is 11.7 Å². The van der Waals surface area contributed by atoms with Crippen LogP contribution in [0.25, 0.3) is 0 Å². The largest absolute Gasteiger partial charge is 0.336 e. The maximum atomic E-state index is 13.7. The fourth-order valence-corrected chi connectivity index (χ4v) is 2.73. The van der Waals surface area contributed by atoms with Crippen LogP contribution in [-0.2, 0) is 4.79 Å². The highest BCUT2D eigenvalue weighted by atomic mass is 19.1. The number of nitrogens with zero attached hydrogens (tertiary/aromatic N) is 1. The average molecular weight is 372 g/mol. The molecule has 2 aromatic rings. The van der Waals surface area contributed by atoms with Crippen molar-refractivity contribution < 1.29 is 14.0 Å². The molecule has 1 atom stereocenters. The van der Waals surface area contributed by atoms with Gasteiger partial charge in [-0.3, -0.25) is 4.79 Å². The van der Waals surface area contributed by atoms with Crippen LogP contribution >= 0.6 is 0 Å². The lowest BCUT2D eigenvalue weighted by Gasteiger charge is -2.25. The third-order valence-corrected chi connectivity index (χ3v) is 4.04. The monoisotopic (exact) mass is 372 g/mol. The number of urea groups is 1. The molecule has 0 heterocycles. The Morgan fingerprint density at radius 1 is 1.11 bits per heavy atom. The van der Waals surface area contributed by atoms with E-state index >= 15 is 0 Å². The molecule has 0 bridgehead atoms. The third-order valence-electron chi connectivity index (χ3n) is 4.04. The molecule has 27 heavy (non-hydrogen) atoms. The molecule has 2 aromatic carbocycles. The molecule has 0 aliphatic carbocycles. The number of benzene rings is 2. The minimum atomic E-state index is -0.566. The van der Waals surface area contributed by atoms with Gasteiger partial charge in [-0.05, 0) is 44.8 Å². The quantitative estimate of drug-likeness (QED) is 0.726. The van der Waals surface area contributed by atoms with Gasteiger partial charge in [-0.1, -0.05) is 29.8 Å². The van der Waals surface area contributed by atoms with E-state index in [0.29, 0.717) is 12.2 Å². The molecule has 1 unspecified atom stereocenters. The lowest BCUT2D eigenvalue weighted by molar-refractivity contribution is -0.114. The number of carbonyl (C=O) groups excluding carboxylic acids is 2. The van der Waals surface area contributed by atoms with Gasteiger partial charge < -0.3 is 20.9 Å². The van der Waals surface area contributed by atoms with E-state index in [9.17, 15) is 14.0 Å². The van der Waals surface area contributed by atoms with Crippen LogP contribution in [-0.4, -0.2) is 37.5 Å². The second kappa shape index (κ2) is 9.14. The summed E-state index contributed by atoms with van der Waals surface area (Å²) < 4.78 is 13.7. The summed E-state index contributed by atoms with van der Waals surface area (Å²) in [7, 11) is 3.90. The number of amides is 3. The Hall–Kier alpha value is -2.93. The number of hydrogen-bond acceptors (Lipinski definition) is 3. The Kier molecular flexibility index (Phi) is 6.90. The summed E-state index contributed by atoms with van der Waals surface area (Å²) in [4.78, 5) is 25.4. The van der Waals surface area contributed by atoms with E-state index in [1.54, 1.807) is 0 Å². The Labute approximate surface area is 158 Å². The van der Waals surface area contributed by atoms with Gasteiger partial charge in [-0.25, -0.2) is 9.18 Å². The number of aryl methyl sites for hydroxylation is 1. The zero-order valence-electron chi connectivity index (χ0n) is 16.0. The fraction of sp³-hybridized carbons (Fsp3) is 0.300. The first-order valence-corrected chi connectivity index (χ1v) is 8.61. The van der Waals surface area contributed by atoms with Crippen molar-refractivity contribution in [3.63, 3.8) is 0 Å². The van der Waals surface area contributed by atoms with Crippen molar-refractivity contribution in [2.75, 3.05) is 31.3 Å². The maximum Gasteiger partial charge on any atom is 0.319 e. The van der Waals surface area contributed by atoms with Gasteiger partial charge in [-0.15, -0.1) is 0 Å². The molecule has 0 radical (unpaired) electrons. The smallest absolute Gasteiger partial charge is 0.319 e. The first-order valence-electron chi connectivity index (χ1n) is 8.61. The lowest BCUT2D eigenvalue weighted by atomic mass is 10.0. The molecule has 144 valence electrons. The topological polar surface area (TPSA) is 73.5 Å². The summed E-state index contributed by atoms with van der Waals surface area (Å²) in [5.41, 5.74) is 2.66. The van der Waals surface area contributed by atoms with Crippen LogP contribution in [0.3, 0.4) is 0 Å². The summed E-state index contributed by atoms with van der Waals surface area (Å²) in [5.74, 6) is -0.953. The summed E-state index contributed by atoms with van der Waals surface area (Å²) in [6, 6.07) is 11.7. The zero-order chi connectivity index (χ0) is 20.0. The molecule has 3 N–H and O–H groups in total.